The van der Waals surface area contributed by atoms with E-state index in [1.807, 2.05) is 29.6 Å². The molecule has 0 bridgehead atoms. The zero-order valence-corrected chi connectivity index (χ0v) is 12.5. The number of aromatic nitrogens is 1. The van der Waals surface area contributed by atoms with Crippen LogP contribution in [0.3, 0.4) is 0 Å². The van der Waals surface area contributed by atoms with Gasteiger partial charge in [0, 0.05) is 21.0 Å². The van der Waals surface area contributed by atoms with Gasteiger partial charge in [0.15, 0.2) is 11.6 Å². The van der Waals surface area contributed by atoms with Crippen molar-refractivity contribution in [3.05, 3.63) is 64.0 Å². The molecule has 1 heterocycles. The molecular weight excluding hydrogens is 344 g/mol. The van der Waals surface area contributed by atoms with Crippen LogP contribution in [0.1, 0.15) is 0 Å². The van der Waals surface area contributed by atoms with Crippen molar-refractivity contribution in [3.8, 4) is 21.8 Å². The largest absolute Gasteiger partial charge is 0.236 e. The van der Waals surface area contributed by atoms with E-state index < -0.39 is 11.6 Å². The van der Waals surface area contributed by atoms with Gasteiger partial charge in [-0.1, -0.05) is 34.1 Å². The molecule has 0 saturated heterocycles. The number of hydrogen-bond donors (Lipinski definition) is 0. The van der Waals surface area contributed by atoms with Crippen molar-refractivity contribution in [3.63, 3.8) is 0 Å². The minimum absolute atomic E-state index is 0.568. The zero-order chi connectivity index (χ0) is 14.1. The van der Waals surface area contributed by atoms with Crippen molar-refractivity contribution in [1.29, 1.82) is 0 Å². The lowest BCUT2D eigenvalue weighted by Crippen LogP contribution is -1.86. The van der Waals surface area contributed by atoms with E-state index in [4.69, 9.17) is 0 Å². The van der Waals surface area contributed by atoms with Crippen LogP contribution in [0.5, 0.6) is 0 Å². The Bertz CT molecular complexity index is 770. The first-order valence-electron chi connectivity index (χ1n) is 5.81. The van der Waals surface area contributed by atoms with Gasteiger partial charge >= 0.3 is 0 Å². The van der Waals surface area contributed by atoms with Crippen molar-refractivity contribution in [2.45, 2.75) is 0 Å². The molecule has 100 valence electrons. The van der Waals surface area contributed by atoms with Gasteiger partial charge in [-0.25, -0.2) is 13.8 Å². The molecule has 20 heavy (non-hydrogen) atoms. The van der Waals surface area contributed by atoms with Gasteiger partial charge in [0.25, 0.3) is 0 Å². The average Bonchev–Trinajstić information content (AvgIpc) is 2.92. The van der Waals surface area contributed by atoms with Crippen LogP contribution in [0.4, 0.5) is 8.78 Å². The molecule has 0 fully saturated rings. The summed E-state index contributed by atoms with van der Waals surface area (Å²) in [7, 11) is 0. The molecule has 0 atom stereocenters. The molecule has 0 spiro atoms. The van der Waals surface area contributed by atoms with Gasteiger partial charge in [0.05, 0.1) is 5.69 Å². The first-order chi connectivity index (χ1) is 9.65. The molecule has 0 aliphatic heterocycles. The highest BCUT2D eigenvalue weighted by molar-refractivity contribution is 9.10. The van der Waals surface area contributed by atoms with Crippen LogP contribution in [0.15, 0.2) is 52.3 Å². The quantitative estimate of drug-likeness (QED) is 0.592. The van der Waals surface area contributed by atoms with Gasteiger partial charge in [-0.05, 0) is 24.3 Å². The topological polar surface area (TPSA) is 12.9 Å². The third-order valence-electron chi connectivity index (χ3n) is 2.82. The molecule has 2 aromatic carbocycles. The fraction of sp³-hybridized carbons (Fsp3) is 0. The number of benzene rings is 2. The summed E-state index contributed by atoms with van der Waals surface area (Å²) < 4.78 is 27.1. The Labute approximate surface area is 127 Å². The minimum Gasteiger partial charge on any atom is -0.236 e. The Balaban J connectivity index is 2.02. The summed E-state index contributed by atoms with van der Waals surface area (Å²) in [5, 5.41) is 2.67. The second-order valence-electron chi connectivity index (χ2n) is 4.15. The van der Waals surface area contributed by atoms with Crippen LogP contribution < -0.4 is 0 Å². The Kier molecular flexibility index (Phi) is 3.63. The van der Waals surface area contributed by atoms with E-state index in [2.05, 4.69) is 20.9 Å². The molecule has 3 aromatic rings. The Morgan fingerprint density at radius 3 is 2.55 bits per heavy atom. The van der Waals surface area contributed by atoms with E-state index in [1.165, 1.54) is 17.4 Å². The fourth-order valence-corrected chi connectivity index (χ4v) is 3.29. The predicted molar refractivity (Wildman–Crippen MR) is 80.6 cm³/mol. The third kappa shape index (κ3) is 2.51. The average molecular weight is 352 g/mol. The molecule has 0 saturated carbocycles. The van der Waals surface area contributed by atoms with Crippen molar-refractivity contribution in [1.82, 2.24) is 4.98 Å². The number of halogens is 3. The molecule has 0 aliphatic rings. The van der Waals surface area contributed by atoms with E-state index in [0.717, 1.165) is 27.2 Å². The molecule has 5 heteroatoms. The van der Waals surface area contributed by atoms with E-state index >= 15 is 0 Å². The van der Waals surface area contributed by atoms with Gasteiger partial charge < -0.3 is 0 Å². The highest BCUT2D eigenvalue weighted by Gasteiger charge is 2.10. The van der Waals surface area contributed by atoms with Gasteiger partial charge in [-0.2, -0.15) is 0 Å². The maximum atomic E-state index is 13.3. The normalized spacial score (nSPS) is 10.8. The van der Waals surface area contributed by atoms with Gasteiger partial charge in [0.2, 0.25) is 0 Å². The van der Waals surface area contributed by atoms with Crippen LogP contribution in [0.25, 0.3) is 21.8 Å². The van der Waals surface area contributed by atoms with E-state index in [1.54, 1.807) is 0 Å². The zero-order valence-electron chi connectivity index (χ0n) is 10.1. The Hall–Kier alpha value is -1.59. The third-order valence-corrected chi connectivity index (χ3v) is 4.39. The number of nitrogens with zero attached hydrogens (tertiary/aromatic N) is 1. The Morgan fingerprint density at radius 1 is 1.00 bits per heavy atom. The number of hydrogen-bond acceptors (Lipinski definition) is 2. The molecule has 1 aromatic heterocycles. The summed E-state index contributed by atoms with van der Waals surface area (Å²) in [5.74, 6) is -1.71. The molecular formula is C15H8BrF2NS. The standard InChI is InChI=1S/C15H8BrF2NS/c16-11-4-2-1-3-10(11)15-19-14(8-20-15)9-5-6-12(17)13(18)7-9/h1-8H. The van der Waals surface area contributed by atoms with E-state index in [0.29, 0.717) is 11.3 Å². The lowest BCUT2D eigenvalue weighted by atomic mass is 10.1. The summed E-state index contributed by atoms with van der Waals surface area (Å²) in [6.07, 6.45) is 0. The monoisotopic (exact) mass is 351 g/mol. The maximum absolute atomic E-state index is 13.3. The maximum Gasteiger partial charge on any atom is 0.159 e. The first-order valence-corrected chi connectivity index (χ1v) is 7.48. The van der Waals surface area contributed by atoms with Crippen molar-refractivity contribution >= 4 is 27.3 Å². The van der Waals surface area contributed by atoms with Crippen LogP contribution in [-0.4, -0.2) is 4.98 Å². The SMILES string of the molecule is Fc1ccc(-c2csc(-c3ccccc3Br)n2)cc1F. The Morgan fingerprint density at radius 2 is 1.80 bits per heavy atom. The number of rotatable bonds is 2. The summed E-state index contributed by atoms with van der Waals surface area (Å²) >= 11 is 4.94. The van der Waals surface area contributed by atoms with Gasteiger partial charge in [-0.3, -0.25) is 0 Å². The van der Waals surface area contributed by atoms with Crippen LogP contribution in [0.2, 0.25) is 0 Å². The summed E-state index contributed by atoms with van der Waals surface area (Å²) in [4.78, 5) is 4.48. The lowest BCUT2D eigenvalue weighted by Gasteiger charge is -2.00. The molecule has 0 unspecified atom stereocenters. The second kappa shape index (κ2) is 5.42. The van der Waals surface area contributed by atoms with E-state index in [9.17, 15) is 8.78 Å². The van der Waals surface area contributed by atoms with Crippen LogP contribution >= 0.6 is 27.3 Å². The number of thiazole rings is 1. The molecule has 0 radical (unpaired) electrons. The highest BCUT2D eigenvalue weighted by atomic mass is 79.9. The van der Waals surface area contributed by atoms with Crippen molar-refractivity contribution < 1.29 is 8.78 Å². The first kappa shape index (κ1) is 13.4. The summed E-state index contributed by atoms with van der Waals surface area (Å²) in [6.45, 7) is 0. The smallest absolute Gasteiger partial charge is 0.159 e. The molecule has 0 aliphatic carbocycles. The lowest BCUT2D eigenvalue weighted by molar-refractivity contribution is 0.509. The minimum atomic E-state index is -0.863. The van der Waals surface area contributed by atoms with Gasteiger partial charge in [-0.15, -0.1) is 11.3 Å². The highest BCUT2D eigenvalue weighted by Crippen LogP contribution is 2.33. The fourth-order valence-electron chi connectivity index (χ4n) is 1.82. The predicted octanol–water partition coefficient (Wildman–Crippen LogP) is 5.52. The van der Waals surface area contributed by atoms with Crippen molar-refractivity contribution in [2.24, 2.45) is 0 Å². The van der Waals surface area contributed by atoms with Crippen LogP contribution in [-0.2, 0) is 0 Å². The summed E-state index contributed by atoms with van der Waals surface area (Å²) in [6, 6.07) is 11.6. The molecule has 1 nitrogen and oxygen atoms in total. The molecule has 0 N–H and O–H groups in total. The van der Waals surface area contributed by atoms with Crippen LogP contribution in [0, 0.1) is 11.6 Å². The summed E-state index contributed by atoms with van der Waals surface area (Å²) in [5.41, 5.74) is 2.18. The molecule has 3 rings (SSSR count). The molecule has 0 amide bonds. The van der Waals surface area contributed by atoms with E-state index in [-0.39, 0.29) is 0 Å². The van der Waals surface area contributed by atoms with Gasteiger partial charge in [0.1, 0.15) is 5.01 Å². The van der Waals surface area contributed by atoms with Crippen molar-refractivity contribution in [2.75, 3.05) is 0 Å². The second-order valence-corrected chi connectivity index (χ2v) is 5.86.